The zero-order valence-corrected chi connectivity index (χ0v) is 8.60. The molecule has 2 rings (SSSR count). The number of nitrogens with one attached hydrogen (secondary N) is 1. The van der Waals surface area contributed by atoms with Gasteiger partial charge in [-0.2, -0.15) is 0 Å². The predicted octanol–water partition coefficient (Wildman–Crippen LogP) is 2.56. The minimum Gasteiger partial charge on any atom is -0.463 e. The number of aromatic nitrogens is 2. The Hall–Kier alpha value is -1.84. The van der Waals surface area contributed by atoms with E-state index in [1.165, 1.54) is 0 Å². The van der Waals surface area contributed by atoms with Crippen molar-refractivity contribution in [3.63, 3.8) is 0 Å². The summed E-state index contributed by atoms with van der Waals surface area (Å²) in [6.45, 7) is 2.99. The van der Waals surface area contributed by atoms with E-state index in [1.54, 1.807) is 18.7 Å². The summed E-state index contributed by atoms with van der Waals surface area (Å²) in [5.74, 6) is 1.51. The third kappa shape index (κ3) is 2.15. The van der Waals surface area contributed by atoms with Gasteiger partial charge in [-0.15, -0.1) is 0 Å². The molecule has 0 unspecified atom stereocenters. The smallest absolute Gasteiger partial charge is 0.156 e. The number of rotatable bonds is 4. The maximum Gasteiger partial charge on any atom is 0.156 e. The molecule has 0 saturated heterocycles. The topological polar surface area (TPSA) is 51.0 Å². The van der Waals surface area contributed by atoms with E-state index in [0.29, 0.717) is 0 Å². The normalized spacial score (nSPS) is 10.2. The molecule has 0 fully saturated rings. The Morgan fingerprint density at radius 3 is 2.93 bits per heavy atom. The molecule has 78 valence electrons. The third-order valence-electron chi connectivity index (χ3n) is 2.00. The van der Waals surface area contributed by atoms with E-state index in [4.69, 9.17) is 4.42 Å². The van der Waals surface area contributed by atoms with E-state index in [9.17, 15) is 0 Å². The molecule has 4 nitrogen and oxygen atoms in total. The molecule has 2 heterocycles. The largest absolute Gasteiger partial charge is 0.463 e. The minimum atomic E-state index is 0.738. The van der Waals surface area contributed by atoms with Crippen molar-refractivity contribution in [1.29, 1.82) is 0 Å². The molecule has 0 amide bonds. The molecule has 0 aromatic carbocycles. The van der Waals surface area contributed by atoms with Crippen molar-refractivity contribution in [3.8, 4) is 11.5 Å². The van der Waals surface area contributed by atoms with E-state index < -0.39 is 0 Å². The van der Waals surface area contributed by atoms with Gasteiger partial charge in [0.15, 0.2) is 11.6 Å². The second-order valence-electron chi connectivity index (χ2n) is 3.16. The summed E-state index contributed by atoms with van der Waals surface area (Å²) >= 11 is 0. The van der Waals surface area contributed by atoms with E-state index in [2.05, 4.69) is 22.2 Å². The van der Waals surface area contributed by atoms with Gasteiger partial charge in [-0.3, -0.25) is 0 Å². The van der Waals surface area contributed by atoms with E-state index in [-0.39, 0.29) is 0 Å². The summed E-state index contributed by atoms with van der Waals surface area (Å²) in [6, 6.07) is 3.72. The molecule has 2 aromatic rings. The predicted molar refractivity (Wildman–Crippen MR) is 58.5 cm³/mol. The van der Waals surface area contributed by atoms with Crippen LogP contribution in [0.5, 0.6) is 0 Å². The van der Waals surface area contributed by atoms with Crippen molar-refractivity contribution < 1.29 is 4.42 Å². The molecule has 0 saturated carbocycles. The molecule has 0 spiro atoms. The number of nitrogens with zero attached hydrogens (tertiary/aromatic N) is 2. The lowest BCUT2D eigenvalue weighted by Crippen LogP contribution is -2.04. The summed E-state index contributed by atoms with van der Waals surface area (Å²) < 4.78 is 5.30. The number of anilines is 1. The van der Waals surface area contributed by atoms with Gasteiger partial charge in [0.2, 0.25) is 0 Å². The van der Waals surface area contributed by atoms with Gasteiger partial charge in [0.1, 0.15) is 5.69 Å². The molecular formula is C11H13N3O. The quantitative estimate of drug-likeness (QED) is 0.829. The summed E-state index contributed by atoms with van der Waals surface area (Å²) in [7, 11) is 0. The van der Waals surface area contributed by atoms with Crippen LogP contribution in [0.15, 0.2) is 35.2 Å². The Kier molecular flexibility index (Phi) is 2.97. The maximum atomic E-state index is 5.30. The maximum absolute atomic E-state index is 5.30. The van der Waals surface area contributed by atoms with Crippen molar-refractivity contribution in [2.45, 2.75) is 13.3 Å². The van der Waals surface area contributed by atoms with Crippen molar-refractivity contribution in [2.24, 2.45) is 0 Å². The first-order valence-corrected chi connectivity index (χ1v) is 5.00. The molecule has 4 heteroatoms. The average molecular weight is 203 g/mol. The molecular weight excluding hydrogens is 190 g/mol. The zero-order chi connectivity index (χ0) is 10.5. The van der Waals surface area contributed by atoms with Crippen LogP contribution in [0.4, 0.5) is 5.82 Å². The average Bonchev–Trinajstić information content (AvgIpc) is 2.80. The van der Waals surface area contributed by atoms with Crippen LogP contribution in [0.1, 0.15) is 13.3 Å². The van der Waals surface area contributed by atoms with Gasteiger partial charge in [0.05, 0.1) is 6.26 Å². The summed E-state index contributed by atoms with van der Waals surface area (Å²) in [4.78, 5) is 8.49. The van der Waals surface area contributed by atoms with E-state index >= 15 is 0 Å². The first-order chi connectivity index (χ1) is 7.42. The van der Waals surface area contributed by atoms with Gasteiger partial charge >= 0.3 is 0 Å². The van der Waals surface area contributed by atoms with Crippen molar-refractivity contribution in [1.82, 2.24) is 9.97 Å². The fourth-order valence-corrected chi connectivity index (χ4v) is 1.30. The standard InChI is InChI=1S/C11H13N3O/c1-2-5-13-11-10(12-6-7-14-11)9-4-3-8-15-9/h3-4,6-8H,2,5H2,1H3,(H,13,14). The molecule has 0 atom stereocenters. The number of hydrogen-bond donors (Lipinski definition) is 1. The SMILES string of the molecule is CCCNc1nccnc1-c1ccco1. The highest BCUT2D eigenvalue weighted by Gasteiger charge is 2.08. The van der Waals surface area contributed by atoms with Gasteiger partial charge < -0.3 is 9.73 Å². The number of furan rings is 1. The van der Waals surface area contributed by atoms with Crippen LogP contribution >= 0.6 is 0 Å². The second-order valence-corrected chi connectivity index (χ2v) is 3.16. The Morgan fingerprint density at radius 2 is 2.20 bits per heavy atom. The highest BCUT2D eigenvalue weighted by Crippen LogP contribution is 2.23. The lowest BCUT2D eigenvalue weighted by molar-refractivity contribution is 0.580. The minimum absolute atomic E-state index is 0.738. The first-order valence-electron chi connectivity index (χ1n) is 5.00. The van der Waals surface area contributed by atoms with Gasteiger partial charge in [-0.1, -0.05) is 6.92 Å². The molecule has 0 radical (unpaired) electrons. The summed E-state index contributed by atoms with van der Waals surface area (Å²) in [5.41, 5.74) is 0.760. The van der Waals surface area contributed by atoms with Crippen molar-refractivity contribution in [2.75, 3.05) is 11.9 Å². The highest BCUT2D eigenvalue weighted by molar-refractivity contribution is 5.66. The fraction of sp³-hybridized carbons (Fsp3) is 0.273. The lowest BCUT2D eigenvalue weighted by Gasteiger charge is -2.06. The van der Waals surface area contributed by atoms with Crippen LogP contribution in [0.25, 0.3) is 11.5 Å². The van der Waals surface area contributed by atoms with Crippen LogP contribution < -0.4 is 5.32 Å². The molecule has 0 aliphatic carbocycles. The van der Waals surface area contributed by atoms with Crippen LogP contribution in [0, 0.1) is 0 Å². The van der Waals surface area contributed by atoms with Gasteiger partial charge in [-0.25, -0.2) is 9.97 Å². The van der Waals surface area contributed by atoms with Gasteiger partial charge in [0, 0.05) is 18.9 Å². The van der Waals surface area contributed by atoms with Crippen LogP contribution in [0.3, 0.4) is 0 Å². The Labute approximate surface area is 88.4 Å². The van der Waals surface area contributed by atoms with E-state index in [0.717, 1.165) is 30.2 Å². The third-order valence-corrected chi connectivity index (χ3v) is 2.00. The zero-order valence-electron chi connectivity index (χ0n) is 8.60. The van der Waals surface area contributed by atoms with Crippen molar-refractivity contribution >= 4 is 5.82 Å². The summed E-state index contributed by atoms with van der Waals surface area (Å²) in [6.07, 6.45) is 6.02. The molecule has 2 aromatic heterocycles. The monoisotopic (exact) mass is 203 g/mol. The highest BCUT2D eigenvalue weighted by atomic mass is 16.3. The van der Waals surface area contributed by atoms with Crippen LogP contribution in [0.2, 0.25) is 0 Å². The molecule has 0 aliphatic rings. The van der Waals surface area contributed by atoms with Gasteiger partial charge in [0.25, 0.3) is 0 Å². The van der Waals surface area contributed by atoms with Crippen LogP contribution in [-0.2, 0) is 0 Å². The molecule has 0 bridgehead atoms. The van der Waals surface area contributed by atoms with Crippen molar-refractivity contribution in [3.05, 3.63) is 30.8 Å². The molecule has 1 N–H and O–H groups in total. The Balaban J connectivity index is 2.30. The second kappa shape index (κ2) is 4.59. The van der Waals surface area contributed by atoms with Gasteiger partial charge in [-0.05, 0) is 18.6 Å². The van der Waals surface area contributed by atoms with Crippen LogP contribution in [-0.4, -0.2) is 16.5 Å². The Morgan fingerprint density at radius 1 is 1.33 bits per heavy atom. The summed E-state index contributed by atoms with van der Waals surface area (Å²) in [5, 5.41) is 3.22. The first kappa shape index (κ1) is 9.71. The Bertz CT molecular complexity index is 412. The number of hydrogen-bond acceptors (Lipinski definition) is 4. The lowest BCUT2D eigenvalue weighted by atomic mass is 10.3. The fourth-order valence-electron chi connectivity index (χ4n) is 1.30. The molecule has 0 aliphatic heterocycles. The molecule has 15 heavy (non-hydrogen) atoms. The van der Waals surface area contributed by atoms with E-state index in [1.807, 2.05) is 12.1 Å².